The number of hydrogen-bond donors (Lipinski definition) is 4. The smallest absolute Gasteiger partial charge is 0.321 e. The Hall–Kier alpha value is -4.79. The highest BCUT2D eigenvalue weighted by Gasteiger charge is 2.48. The Morgan fingerprint density at radius 3 is 2.37 bits per heavy atom. The average molecular weight is 665 g/mol. The largest absolute Gasteiger partial charge is 0.468 e. The first-order chi connectivity index (χ1) is 23.4. The summed E-state index contributed by atoms with van der Waals surface area (Å²) < 4.78 is 10.8. The van der Waals surface area contributed by atoms with Crippen LogP contribution in [-0.2, 0) is 25.5 Å². The number of H-pyrrole nitrogens is 3. The van der Waals surface area contributed by atoms with Crippen LogP contribution in [0.2, 0.25) is 0 Å². The topological polar surface area (TPSA) is 129 Å². The summed E-state index contributed by atoms with van der Waals surface area (Å²) in [4.78, 5) is 51.4. The van der Waals surface area contributed by atoms with E-state index >= 15 is 0 Å². The predicted molar refractivity (Wildman–Crippen MR) is 193 cm³/mol. The number of ether oxygens (including phenoxy) is 2. The molecule has 6 rings (SSSR count). The number of hydrogen-bond acceptors (Lipinski definition) is 6. The molecule has 0 radical (unpaired) electrons. The second-order valence-electron chi connectivity index (χ2n) is 14.0. The molecule has 1 aliphatic carbocycles. The summed E-state index contributed by atoms with van der Waals surface area (Å²) >= 11 is 0. The molecular formula is C40H48N4O5. The summed E-state index contributed by atoms with van der Waals surface area (Å²) in [5.74, 6) is -2.10. The van der Waals surface area contributed by atoms with Crippen LogP contribution < -0.4 is 16.0 Å². The Bertz CT molecular complexity index is 2060. The number of rotatable bonds is 9. The van der Waals surface area contributed by atoms with Crippen molar-refractivity contribution in [3.05, 3.63) is 84.8 Å². The molecule has 4 N–H and O–H groups in total. The Morgan fingerprint density at radius 1 is 0.980 bits per heavy atom. The van der Waals surface area contributed by atoms with E-state index < -0.39 is 11.9 Å². The van der Waals surface area contributed by atoms with Crippen molar-refractivity contribution in [2.75, 3.05) is 13.7 Å². The van der Waals surface area contributed by atoms with Crippen molar-refractivity contribution in [2.24, 2.45) is 23.7 Å². The van der Waals surface area contributed by atoms with Gasteiger partial charge in [-0.1, -0.05) is 40.3 Å². The molecule has 3 aromatic heterocycles. The van der Waals surface area contributed by atoms with Gasteiger partial charge < -0.3 is 29.7 Å². The standard InChI is InChI=1S/C40H48N4O5/c1-10-24-20(5)27-16-29-22(7)26(12-13-33(45)49-15-14-19(3)4)37(43-29)35-36(40(47)48-9)39(46)34-23(8)30(44-38(34)35)18-32-25(11-2)21(6)28(42-32)17-31(24)41-27/h10,16-19,22,26,36,41-44H,1,11-15H2,2-9H3/b28-17-,29-16-,32-18-,37-35-/t22-,26-,36+/m0/s1. The van der Waals surface area contributed by atoms with Gasteiger partial charge >= 0.3 is 11.9 Å². The molecule has 2 aliphatic heterocycles. The molecule has 0 saturated carbocycles. The minimum atomic E-state index is -1.13. The van der Waals surface area contributed by atoms with Crippen LogP contribution in [0.25, 0.3) is 29.9 Å². The lowest BCUT2D eigenvalue weighted by Crippen LogP contribution is -2.25. The number of fused-ring (bicyclic) bond motifs is 7. The molecule has 0 amide bonds. The van der Waals surface area contributed by atoms with Crippen molar-refractivity contribution < 1.29 is 23.9 Å². The highest BCUT2D eigenvalue weighted by Crippen LogP contribution is 2.48. The van der Waals surface area contributed by atoms with Crippen molar-refractivity contribution in [3.8, 4) is 0 Å². The van der Waals surface area contributed by atoms with Crippen molar-refractivity contribution in [1.29, 1.82) is 0 Å². The maximum absolute atomic E-state index is 14.2. The molecule has 5 heterocycles. The van der Waals surface area contributed by atoms with Gasteiger partial charge in [0.2, 0.25) is 0 Å². The number of allylic oxidation sites excluding steroid dienone is 2. The molecule has 258 valence electrons. The van der Waals surface area contributed by atoms with Crippen molar-refractivity contribution in [1.82, 2.24) is 20.3 Å². The fourth-order valence-electron chi connectivity index (χ4n) is 7.75. The molecule has 0 unspecified atom stereocenters. The molecule has 0 aromatic carbocycles. The SMILES string of the molecule is C=Cc1c2[nH]c(c1C)/C=C1\N/C(=C3\c4[nH]c(c(C)c4C(=O)[C@@H]3C(=O)OC)/C=c3\[nH]/c(c(C)c3CC)=C\2)[C@@H](CCC(=O)OCCC(C)C)[C@@H]1C. The summed E-state index contributed by atoms with van der Waals surface area (Å²) in [6.07, 6.45) is 10.5. The quantitative estimate of drug-likeness (QED) is 0.171. The highest BCUT2D eigenvalue weighted by atomic mass is 16.5. The van der Waals surface area contributed by atoms with Crippen molar-refractivity contribution in [3.63, 3.8) is 0 Å². The number of methoxy groups -OCH3 is 1. The lowest BCUT2D eigenvalue weighted by atomic mass is 9.85. The Morgan fingerprint density at radius 2 is 1.69 bits per heavy atom. The van der Waals surface area contributed by atoms with E-state index in [1.54, 1.807) is 0 Å². The molecule has 3 atom stereocenters. The molecule has 9 heteroatoms. The summed E-state index contributed by atoms with van der Waals surface area (Å²) in [5.41, 5.74) is 11.2. The van der Waals surface area contributed by atoms with E-state index in [1.165, 1.54) is 12.7 Å². The second kappa shape index (κ2) is 13.3. The van der Waals surface area contributed by atoms with Gasteiger partial charge in [0.1, 0.15) is 5.92 Å². The normalized spacial score (nSPS) is 23.3. The van der Waals surface area contributed by atoms with Crippen molar-refractivity contribution >= 4 is 47.6 Å². The fraction of sp³-hybridized carbons (Fsp3) is 0.425. The predicted octanol–water partition coefficient (Wildman–Crippen LogP) is 5.74. The molecule has 0 spiro atoms. The van der Waals surface area contributed by atoms with Gasteiger partial charge in [-0.25, -0.2) is 0 Å². The number of aromatic amines is 3. The van der Waals surface area contributed by atoms with E-state index in [0.29, 0.717) is 35.8 Å². The Balaban J connectivity index is 1.61. The molecule has 1 saturated heterocycles. The van der Waals surface area contributed by atoms with Gasteiger partial charge in [-0.3, -0.25) is 14.4 Å². The molecule has 8 bridgehead atoms. The van der Waals surface area contributed by atoms with Gasteiger partial charge in [0.15, 0.2) is 5.78 Å². The van der Waals surface area contributed by atoms with Crippen LogP contribution in [-0.4, -0.2) is 46.4 Å². The number of ketones is 1. The molecule has 49 heavy (non-hydrogen) atoms. The number of aromatic nitrogens is 3. The summed E-state index contributed by atoms with van der Waals surface area (Å²) in [6, 6.07) is 0. The number of esters is 2. The van der Waals surface area contributed by atoms with Crippen LogP contribution in [0.1, 0.15) is 108 Å². The van der Waals surface area contributed by atoms with Gasteiger partial charge in [-0.15, -0.1) is 0 Å². The van der Waals surface area contributed by atoms with Gasteiger partial charge in [0.25, 0.3) is 0 Å². The van der Waals surface area contributed by atoms with Crippen LogP contribution >= 0.6 is 0 Å². The van der Waals surface area contributed by atoms with Crippen molar-refractivity contribution in [2.45, 2.75) is 74.1 Å². The third kappa shape index (κ3) is 5.83. The first-order valence-electron chi connectivity index (χ1n) is 17.4. The summed E-state index contributed by atoms with van der Waals surface area (Å²) in [6.45, 7) is 19.1. The number of Topliss-reactive ketones (excluding diaryl/α,β-unsaturated/α-hetero) is 1. The van der Waals surface area contributed by atoms with Gasteiger partial charge in [0.05, 0.1) is 19.4 Å². The first kappa shape index (κ1) is 34.1. The third-order valence-electron chi connectivity index (χ3n) is 10.7. The van der Waals surface area contributed by atoms with Crippen LogP contribution in [0.5, 0.6) is 0 Å². The van der Waals surface area contributed by atoms with E-state index in [4.69, 9.17) is 9.47 Å². The van der Waals surface area contributed by atoms with Crippen LogP contribution in [0.15, 0.2) is 18.0 Å². The summed E-state index contributed by atoms with van der Waals surface area (Å²) in [7, 11) is 1.31. The van der Waals surface area contributed by atoms with Gasteiger partial charge in [-0.2, -0.15) is 0 Å². The number of carbonyl (C=O) groups is 3. The molecular weight excluding hydrogens is 616 g/mol. The Labute approximate surface area is 287 Å². The van der Waals surface area contributed by atoms with Crippen LogP contribution in [0, 0.1) is 44.4 Å². The zero-order valence-corrected chi connectivity index (χ0v) is 29.9. The Kier molecular flexibility index (Phi) is 9.22. The minimum absolute atomic E-state index is 0.0663. The summed E-state index contributed by atoms with van der Waals surface area (Å²) in [5, 5.41) is 5.62. The van der Waals surface area contributed by atoms with Crippen LogP contribution in [0.4, 0.5) is 0 Å². The van der Waals surface area contributed by atoms with E-state index in [2.05, 4.69) is 86.6 Å². The number of carbonyl (C=O) groups excluding carboxylic acids is 3. The molecule has 3 aromatic rings. The molecule has 3 aliphatic rings. The van der Waals surface area contributed by atoms with E-state index in [-0.39, 0.29) is 30.0 Å². The zero-order valence-electron chi connectivity index (χ0n) is 29.9. The maximum Gasteiger partial charge on any atom is 0.321 e. The maximum atomic E-state index is 14.2. The molecule has 1 fully saturated rings. The van der Waals surface area contributed by atoms with E-state index in [0.717, 1.165) is 74.3 Å². The monoisotopic (exact) mass is 664 g/mol. The third-order valence-corrected chi connectivity index (χ3v) is 10.7. The second-order valence-corrected chi connectivity index (χ2v) is 14.0. The minimum Gasteiger partial charge on any atom is -0.468 e. The zero-order chi connectivity index (χ0) is 35.3. The fourth-order valence-corrected chi connectivity index (χ4v) is 7.75. The first-order valence-corrected chi connectivity index (χ1v) is 17.4. The van der Waals surface area contributed by atoms with Crippen LogP contribution in [0.3, 0.4) is 0 Å². The van der Waals surface area contributed by atoms with Gasteiger partial charge in [-0.05, 0) is 86.4 Å². The lowest BCUT2D eigenvalue weighted by Gasteiger charge is -2.19. The highest BCUT2D eigenvalue weighted by molar-refractivity contribution is 6.24. The number of nitrogens with one attached hydrogen (secondary N) is 4. The lowest BCUT2D eigenvalue weighted by molar-refractivity contribution is -0.144. The van der Waals surface area contributed by atoms with Gasteiger partial charge in [0, 0.05) is 74.1 Å². The van der Waals surface area contributed by atoms with E-state index in [1.807, 2.05) is 13.0 Å². The van der Waals surface area contributed by atoms with E-state index in [9.17, 15) is 14.4 Å². The molecule has 9 nitrogen and oxygen atoms in total. The average Bonchev–Trinajstić information content (AvgIpc) is 3.80.